The van der Waals surface area contributed by atoms with Crippen LogP contribution in [0.5, 0.6) is 0 Å². The number of nitro groups is 1. The summed E-state index contributed by atoms with van der Waals surface area (Å²) in [5.41, 5.74) is 0. The Hall–Kier alpha value is -1.69. The van der Waals surface area contributed by atoms with Crippen LogP contribution >= 0.6 is 0 Å². The molecule has 1 unspecified atom stereocenters. The summed E-state index contributed by atoms with van der Waals surface area (Å²) in [5, 5.41) is 18.8. The molecule has 1 heterocycles. The van der Waals surface area contributed by atoms with Crippen LogP contribution in [0.3, 0.4) is 0 Å². The lowest BCUT2D eigenvalue weighted by molar-refractivity contribution is -0.544. The van der Waals surface area contributed by atoms with E-state index < -0.39 is 11.1 Å². The number of hydrogen-bond donors (Lipinski definition) is 1. The predicted octanol–water partition coefficient (Wildman–Crippen LogP) is 0.142. The Labute approximate surface area is 67.9 Å². The van der Waals surface area contributed by atoms with Crippen LogP contribution in [0.1, 0.15) is 11.9 Å². The third-order valence-electron chi connectivity index (χ3n) is 1.31. The second-order valence-corrected chi connectivity index (χ2v) is 2.05. The van der Waals surface area contributed by atoms with Gasteiger partial charge in [-0.15, -0.1) is 6.58 Å². The first-order valence-corrected chi connectivity index (χ1v) is 3.15. The highest BCUT2D eigenvalue weighted by atomic mass is 16.7. The molecule has 6 heteroatoms. The molecule has 1 N–H and O–H groups in total. The van der Waals surface area contributed by atoms with E-state index in [-0.39, 0.29) is 5.82 Å². The van der Waals surface area contributed by atoms with Crippen LogP contribution in [0.15, 0.2) is 25.0 Å². The van der Waals surface area contributed by atoms with Gasteiger partial charge in [0.05, 0.1) is 12.4 Å². The van der Waals surface area contributed by atoms with Gasteiger partial charge in [-0.1, -0.05) is 10.8 Å². The number of nitrogens with zero attached hydrogens (tertiary/aromatic N) is 3. The molecule has 0 fully saturated rings. The van der Waals surface area contributed by atoms with Crippen molar-refractivity contribution in [2.75, 3.05) is 0 Å². The zero-order valence-corrected chi connectivity index (χ0v) is 6.12. The standard InChI is InChI=1S/C6H7N3O3/c1-2-5(10)6-7-3-4-8(6)9(11)12/h2-5,10H,1H2. The molecule has 6 nitrogen and oxygen atoms in total. The molecule has 1 aromatic rings. The Bertz CT molecular complexity index is 307. The molecule has 0 aliphatic carbocycles. The summed E-state index contributed by atoms with van der Waals surface area (Å²) in [6.45, 7) is 3.29. The molecule has 0 radical (unpaired) electrons. The zero-order chi connectivity index (χ0) is 9.14. The SMILES string of the molecule is C=CC(O)c1nccn1[N+](=O)[O-]. The monoisotopic (exact) mass is 169 g/mol. The van der Waals surface area contributed by atoms with E-state index in [4.69, 9.17) is 5.11 Å². The van der Waals surface area contributed by atoms with Gasteiger partial charge in [-0.25, -0.2) is 15.1 Å². The maximum Gasteiger partial charge on any atom is 0.208 e. The molecule has 0 saturated carbocycles. The first-order valence-electron chi connectivity index (χ1n) is 3.15. The summed E-state index contributed by atoms with van der Waals surface area (Å²) in [6.07, 6.45) is 2.46. The van der Waals surface area contributed by atoms with E-state index in [0.717, 1.165) is 6.20 Å². The molecule has 0 aliphatic heterocycles. The van der Waals surface area contributed by atoms with Crippen molar-refractivity contribution in [1.82, 2.24) is 9.66 Å². The molecule has 12 heavy (non-hydrogen) atoms. The molecule has 0 bridgehead atoms. The van der Waals surface area contributed by atoms with Gasteiger partial charge in [-0.05, 0) is 0 Å². The molecule has 0 aromatic carbocycles. The van der Waals surface area contributed by atoms with Crippen LogP contribution in [0.4, 0.5) is 0 Å². The quantitative estimate of drug-likeness (QED) is 0.396. The fraction of sp³-hybridized carbons (Fsp3) is 0.167. The van der Waals surface area contributed by atoms with Crippen LogP contribution in [0.2, 0.25) is 0 Å². The second kappa shape index (κ2) is 3.14. The Morgan fingerprint density at radius 1 is 1.92 bits per heavy atom. The molecule has 64 valence electrons. The number of aliphatic hydroxyl groups excluding tert-OH is 1. The fourth-order valence-corrected chi connectivity index (χ4v) is 0.764. The zero-order valence-electron chi connectivity index (χ0n) is 6.12. The van der Waals surface area contributed by atoms with Crippen LogP contribution in [0.25, 0.3) is 0 Å². The summed E-state index contributed by atoms with van der Waals surface area (Å²) < 4.78 is 0.645. The smallest absolute Gasteiger partial charge is 0.208 e. The molecule has 0 amide bonds. The summed E-state index contributed by atoms with van der Waals surface area (Å²) in [6, 6.07) is 0. The highest BCUT2D eigenvalue weighted by molar-refractivity contribution is 5.00. The Morgan fingerprint density at radius 3 is 3.08 bits per heavy atom. The summed E-state index contributed by atoms with van der Waals surface area (Å²) >= 11 is 0. The van der Waals surface area contributed by atoms with E-state index in [2.05, 4.69) is 11.6 Å². The highest BCUT2D eigenvalue weighted by Crippen LogP contribution is 2.10. The van der Waals surface area contributed by atoms with E-state index in [1.165, 1.54) is 12.3 Å². The number of aromatic nitrogens is 2. The van der Waals surface area contributed by atoms with Crippen molar-refractivity contribution in [3.63, 3.8) is 0 Å². The maximum atomic E-state index is 10.3. The molecule has 0 spiro atoms. The number of rotatable bonds is 3. The summed E-state index contributed by atoms with van der Waals surface area (Å²) in [7, 11) is 0. The maximum absolute atomic E-state index is 10.3. The summed E-state index contributed by atoms with van der Waals surface area (Å²) in [4.78, 5) is 13.9. The largest absolute Gasteiger partial charge is 0.381 e. The average molecular weight is 169 g/mol. The van der Waals surface area contributed by atoms with Crippen molar-refractivity contribution in [3.05, 3.63) is 41.0 Å². The van der Waals surface area contributed by atoms with E-state index in [1.807, 2.05) is 0 Å². The topological polar surface area (TPSA) is 81.2 Å². The minimum absolute atomic E-state index is 0.0463. The third-order valence-corrected chi connectivity index (χ3v) is 1.31. The number of aliphatic hydroxyl groups is 1. The molecular weight excluding hydrogens is 162 g/mol. The molecule has 1 atom stereocenters. The van der Waals surface area contributed by atoms with E-state index in [9.17, 15) is 10.1 Å². The lowest BCUT2D eigenvalue weighted by Crippen LogP contribution is -2.13. The van der Waals surface area contributed by atoms with Crippen LogP contribution in [-0.2, 0) is 0 Å². The molecule has 1 rings (SSSR count). The molecular formula is C6H7N3O3. The Kier molecular flexibility index (Phi) is 2.20. The van der Waals surface area contributed by atoms with Gasteiger partial charge in [-0.3, -0.25) is 0 Å². The normalized spacial score (nSPS) is 12.4. The Balaban J connectivity index is 3.06. The van der Waals surface area contributed by atoms with Crippen molar-refractivity contribution < 1.29 is 10.1 Å². The van der Waals surface area contributed by atoms with Gasteiger partial charge in [0, 0.05) is 0 Å². The van der Waals surface area contributed by atoms with Crippen LogP contribution in [-0.4, -0.2) is 19.8 Å². The fourth-order valence-electron chi connectivity index (χ4n) is 0.764. The Morgan fingerprint density at radius 2 is 2.58 bits per heavy atom. The van der Waals surface area contributed by atoms with E-state index in [1.54, 1.807) is 0 Å². The van der Waals surface area contributed by atoms with Crippen molar-refractivity contribution >= 4 is 0 Å². The van der Waals surface area contributed by atoms with E-state index in [0.29, 0.717) is 4.68 Å². The molecule has 0 saturated heterocycles. The van der Waals surface area contributed by atoms with Gasteiger partial charge in [0.25, 0.3) is 0 Å². The average Bonchev–Trinajstić information content (AvgIpc) is 2.50. The van der Waals surface area contributed by atoms with Gasteiger partial charge in [0.1, 0.15) is 6.10 Å². The summed E-state index contributed by atoms with van der Waals surface area (Å²) in [5.74, 6) is -0.0463. The lowest BCUT2D eigenvalue weighted by Gasteiger charge is -2.00. The predicted molar refractivity (Wildman–Crippen MR) is 39.8 cm³/mol. The first kappa shape index (κ1) is 8.41. The number of imidazole rings is 1. The minimum Gasteiger partial charge on any atom is -0.381 e. The van der Waals surface area contributed by atoms with Crippen molar-refractivity contribution in [2.45, 2.75) is 6.10 Å². The van der Waals surface area contributed by atoms with Gasteiger partial charge in [0.15, 0.2) is 5.03 Å². The molecule has 1 aromatic heterocycles. The van der Waals surface area contributed by atoms with Crippen LogP contribution in [0, 0.1) is 10.1 Å². The molecule has 0 aliphatic rings. The van der Waals surface area contributed by atoms with Gasteiger partial charge < -0.3 is 5.11 Å². The van der Waals surface area contributed by atoms with E-state index >= 15 is 0 Å². The third kappa shape index (κ3) is 1.32. The van der Waals surface area contributed by atoms with Gasteiger partial charge in [0.2, 0.25) is 5.82 Å². The highest BCUT2D eigenvalue weighted by Gasteiger charge is 2.16. The lowest BCUT2D eigenvalue weighted by atomic mass is 10.3. The number of hydrogen-bond acceptors (Lipinski definition) is 4. The van der Waals surface area contributed by atoms with Crippen molar-refractivity contribution in [1.29, 1.82) is 0 Å². The van der Waals surface area contributed by atoms with Gasteiger partial charge >= 0.3 is 0 Å². The second-order valence-electron chi connectivity index (χ2n) is 2.05. The first-order chi connectivity index (χ1) is 5.66. The van der Waals surface area contributed by atoms with Gasteiger partial charge in [-0.2, -0.15) is 0 Å². The minimum atomic E-state index is -1.11. The van der Waals surface area contributed by atoms with Crippen molar-refractivity contribution in [3.8, 4) is 0 Å². The van der Waals surface area contributed by atoms with Crippen molar-refractivity contribution in [2.24, 2.45) is 0 Å². The van der Waals surface area contributed by atoms with Crippen LogP contribution < -0.4 is 0 Å².